The molecule has 1 aromatic rings. The third-order valence-corrected chi connectivity index (χ3v) is 3.16. The summed E-state index contributed by atoms with van der Waals surface area (Å²) in [6, 6.07) is 3.64. The van der Waals surface area contributed by atoms with Crippen molar-refractivity contribution in [2.75, 3.05) is 38.1 Å². The van der Waals surface area contributed by atoms with E-state index in [2.05, 4.69) is 21.8 Å². The second kappa shape index (κ2) is 4.71. The van der Waals surface area contributed by atoms with Crippen LogP contribution >= 0.6 is 0 Å². The Kier molecular flexibility index (Phi) is 3.28. The van der Waals surface area contributed by atoms with Crippen molar-refractivity contribution in [3.8, 4) is 0 Å². The van der Waals surface area contributed by atoms with Crippen LogP contribution in [0.15, 0.2) is 12.1 Å². The third kappa shape index (κ3) is 2.55. The molecular weight excluding hydrogens is 216 g/mol. The summed E-state index contributed by atoms with van der Waals surface area (Å²) in [5.41, 5.74) is 6.47. The zero-order valence-corrected chi connectivity index (χ0v) is 10.3. The molecule has 2 N–H and O–H groups in total. The van der Waals surface area contributed by atoms with Crippen LogP contribution in [0, 0.1) is 6.92 Å². The molecule has 0 aromatic carbocycles. The van der Waals surface area contributed by atoms with Crippen molar-refractivity contribution in [2.24, 2.45) is 5.73 Å². The minimum Gasteiger partial charge on any atom is -0.366 e. The Bertz CT molecular complexity index is 425. The van der Waals surface area contributed by atoms with Gasteiger partial charge in [-0.05, 0) is 26.1 Å². The van der Waals surface area contributed by atoms with Crippen molar-refractivity contribution >= 4 is 11.7 Å². The highest BCUT2D eigenvalue weighted by molar-refractivity contribution is 5.94. The maximum absolute atomic E-state index is 11.1. The lowest BCUT2D eigenvalue weighted by atomic mass is 10.2. The Morgan fingerprint density at radius 3 is 2.47 bits per heavy atom. The largest absolute Gasteiger partial charge is 0.366 e. The van der Waals surface area contributed by atoms with Gasteiger partial charge in [0.05, 0.1) is 11.3 Å². The van der Waals surface area contributed by atoms with E-state index in [1.807, 2.05) is 13.0 Å². The molecule has 1 aliphatic rings. The van der Waals surface area contributed by atoms with Gasteiger partial charge in [0, 0.05) is 26.2 Å². The van der Waals surface area contributed by atoms with E-state index in [1.54, 1.807) is 6.07 Å². The van der Waals surface area contributed by atoms with Gasteiger partial charge in [-0.15, -0.1) is 0 Å². The molecule has 0 spiro atoms. The number of aryl methyl sites for hydroxylation is 1. The number of nitrogens with two attached hydrogens (primary N) is 1. The van der Waals surface area contributed by atoms with Crippen LogP contribution < -0.4 is 10.6 Å². The highest BCUT2D eigenvalue weighted by Gasteiger charge is 2.16. The number of anilines is 1. The first-order chi connectivity index (χ1) is 8.08. The molecule has 0 unspecified atom stereocenters. The van der Waals surface area contributed by atoms with Gasteiger partial charge in [-0.3, -0.25) is 4.79 Å². The van der Waals surface area contributed by atoms with Crippen LogP contribution in [-0.2, 0) is 0 Å². The maximum Gasteiger partial charge on any atom is 0.250 e. The molecule has 5 nitrogen and oxygen atoms in total. The number of amides is 1. The molecule has 1 saturated heterocycles. The smallest absolute Gasteiger partial charge is 0.250 e. The Labute approximate surface area is 101 Å². The summed E-state index contributed by atoms with van der Waals surface area (Å²) in [6.45, 7) is 5.84. The van der Waals surface area contributed by atoms with Crippen LogP contribution in [0.4, 0.5) is 5.82 Å². The summed E-state index contributed by atoms with van der Waals surface area (Å²) < 4.78 is 0. The number of aromatic nitrogens is 1. The van der Waals surface area contributed by atoms with E-state index in [0.717, 1.165) is 32.0 Å². The lowest BCUT2D eigenvalue weighted by Crippen LogP contribution is -2.44. The van der Waals surface area contributed by atoms with Gasteiger partial charge in [0.15, 0.2) is 0 Å². The number of primary amides is 1. The minimum atomic E-state index is -0.417. The first-order valence-corrected chi connectivity index (χ1v) is 5.79. The fraction of sp³-hybridized carbons (Fsp3) is 0.500. The molecule has 1 fully saturated rings. The van der Waals surface area contributed by atoms with E-state index >= 15 is 0 Å². The number of hydrogen-bond acceptors (Lipinski definition) is 4. The topological polar surface area (TPSA) is 62.5 Å². The standard InChI is InChI=1S/C12H18N4O/c1-9-10(12(13)17)3-4-11(14-9)16-7-5-15(2)6-8-16/h3-4H,5-8H2,1-2H3,(H2,13,17). The first-order valence-electron chi connectivity index (χ1n) is 5.79. The van der Waals surface area contributed by atoms with Crippen LogP contribution in [-0.4, -0.2) is 49.0 Å². The third-order valence-electron chi connectivity index (χ3n) is 3.16. The quantitative estimate of drug-likeness (QED) is 0.796. The average molecular weight is 234 g/mol. The fourth-order valence-electron chi connectivity index (χ4n) is 2.02. The molecule has 0 radical (unpaired) electrons. The summed E-state index contributed by atoms with van der Waals surface area (Å²) in [4.78, 5) is 20.1. The number of carbonyl (C=O) groups is 1. The van der Waals surface area contributed by atoms with Crippen molar-refractivity contribution in [1.29, 1.82) is 0 Å². The molecule has 2 heterocycles. The molecule has 2 rings (SSSR count). The van der Waals surface area contributed by atoms with Gasteiger partial charge >= 0.3 is 0 Å². The van der Waals surface area contributed by atoms with Crippen molar-refractivity contribution in [3.05, 3.63) is 23.4 Å². The zero-order valence-electron chi connectivity index (χ0n) is 10.3. The SMILES string of the molecule is Cc1nc(N2CCN(C)CC2)ccc1C(N)=O. The molecule has 17 heavy (non-hydrogen) atoms. The van der Waals surface area contributed by atoms with Crippen LogP contribution in [0.1, 0.15) is 16.1 Å². The van der Waals surface area contributed by atoms with Gasteiger partial charge in [-0.1, -0.05) is 0 Å². The molecule has 1 aromatic heterocycles. The number of carbonyl (C=O) groups excluding carboxylic acids is 1. The Balaban J connectivity index is 2.17. The molecule has 0 atom stereocenters. The minimum absolute atomic E-state index is 0.417. The molecule has 5 heteroatoms. The maximum atomic E-state index is 11.1. The summed E-state index contributed by atoms with van der Waals surface area (Å²) in [5.74, 6) is 0.514. The summed E-state index contributed by atoms with van der Waals surface area (Å²) >= 11 is 0. The van der Waals surface area contributed by atoms with Crippen LogP contribution in [0.25, 0.3) is 0 Å². The van der Waals surface area contributed by atoms with Crippen molar-refractivity contribution < 1.29 is 4.79 Å². The van der Waals surface area contributed by atoms with E-state index in [4.69, 9.17) is 5.73 Å². The summed E-state index contributed by atoms with van der Waals surface area (Å²) in [6.07, 6.45) is 0. The number of pyridine rings is 1. The van der Waals surface area contributed by atoms with Crippen LogP contribution in [0.2, 0.25) is 0 Å². The van der Waals surface area contributed by atoms with Gasteiger partial charge < -0.3 is 15.5 Å². The first kappa shape index (κ1) is 11.9. The molecular formula is C12H18N4O. The Morgan fingerprint density at radius 2 is 1.94 bits per heavy atom. The molecule has 1 amide bonds. The average Bonchev–Trinajstić information content (AvgIpc) is 2.29. The second-order valence-corrected chi connectivity index (χ2v) is 4.46. The number of hydrogen-bond donors (Lipinski definition) is 1. The predicted octanol–water partition coefficient (Wildman–Crippen LogP) is 0.241. The van der Waals surface area contributed by atoms with Gasteiger partial charge in [0.1, 0.15) is 5.82 Å². The lowest BCUT2D eigenvalue weighted by molar-refractivity contribution is 0.0999. The van der Waals surface area contributed by atoms with E-state index in [-0.39, 0.29) is 0 Å². The molecule has 92 valence electrons. The van der Waals surface area contributed by atoms with E-state index in [9.17, 15) is 4.79 Å². The van der Waals surface area contributed by atoms with Crippen molar-refractivity contribution in [1.82, 2.24) is 9.88 Å². The summed E-state index contributed by atoms with van der Waals surface area (Å²) in [5, 5.41) is 0. The van der Waals surface area contributed by atoms with Gasteiger partial charge in [0.25, 0.3) is 5.91 Å². The highest BCUT2D eigenvalue weighted by Crippen LogP contribution is 2.16. The zero-order chi connectivity index (χ0) is 12.4. The van der Waals surface area contributed by atoms with Crippen LogP contribution in [0.3, 0.4) is 0 Å². The van der Waals surface area contributed by atoms with Crippen molar-refractivity contribution in [2.45, 2.75) is 6.92 Å². The van der Waals surface area contributed by atoms with Crippen LogP contribution in [0.5, 0.6) is 0 Å². The second-order valence-electron chi connectivity index (χ2n) is 4.46. The number of piperazine rings is 1. The monoisotopic (exact) mass is 234 g/mol. The highest BCUT2D eigenvalue weighted by atomic mass is 16.1. The Morgan fingerprint density at radius 1 is 1.29 bits per heavy atom. The number of rotatable bonds is 2. The normalized spacial score (nSPS) is 17.2. The molecule has 0 bridgehead atoms. The van der Waals surface area contributed by atoms with Gasteiger partial charge in [-0.2, -0.15) is 0 Å². The van der Waals surface area contributed by atoms with E-state index in [1.165, 1.54) is 0 Å². The number of likely N-dealkylation sites (N-methyl/N-ethyl adjacent to an activating group) is 1. The number of nitrogens with zero attached hydrogens (tertiary/aromatic N) is 3. The fourth-order valence-corrected chi connectivity index (χ4v) is 2.02. The van der Waals surface area contributed by atoms with Crippen molar-refractivity contribution in [3.63, 3.8) is 0 Å². The Hall–Kier alpha value is -1.62. The molecule has 0 aliphatic carbocycles. The summed E-state index contributed by atoms with van der Waals surface area (Å²) in [7, 11) is 2.12. The van der Waals surface area contributed by atoms with Gasteiger partial charge in [-0.25, -0.2) is 4.98 Å². The van der Waals surface area contributed by atoms with E-state index < -0.39 is 5.91 Å². The van der Waals surface area contributed by atoms with Gasteiger partial charge in [0.2, 0.25) is 0 Å². The molecule has 1 aliphatic heterocycles. The van der Waals surface area contributed by atoms with E-state index in [0.29, 0.717) is 11.3 Å². The lowest BCUT2D eigenvalue weighted by Gasteiger charge is -2.33. The predicted molar refractivity (Wildman–Crippen MR) is 67.2 cm³/mol. The molecule has 0 saturated carbocycles.